The molecule has 0 aromatic heterocycles. The van der Waals surface area contributed by atoms with Crippen LogP contribution in [0.15, 0.2) is 90.5 Å². The number of halogens is 2. The number of carbonyl (C=O) groups is 1. The summed E-state index contributed by atoms with van der Waals surface area (Å²) < 4.78 is 1.08. The normalized spacial score (nSPS) is 15.3. The Kier molecular flexibility index (Phi) is 5.14. The Hall–Kier alpha value is -2.37. The minimum absolute atomic E-state index is 0.0363. The lowest BCUT2D eigenvalue weighted by molar-refractivity contribution is -0.113. The van der Waals surface area contributed by atoms with Crippen LogP contribution in [0.4, 0.5) is 5.69 Å². The van der Waals surface area contributed by atoms with Crippen LogP contribution in [0, 0.1) is 3.57 Å². The molecule has 0 bridgehead atoms. The lowest BCUT2D eigenvalue weighted by Crippen LogP contribution is -2.25. The second-order valence-electron chi connectivity index (χ2n) is 6.17. The molecule has 1 aliphatic rings. The molecule has 2 nitrogen and oxygen atoms in total. The molecule has 0 N–H and O–H groups in total. The highest BCUT2D eigenvalue weighted by molar-refractivity contribution is 14.1. The van der Waals surface area contributed by atoms with Crippen molar-refractivity contribution in [1.29, 1.82) is 0 Å². The van der Waals surface area contributed by atoms with E-state index in [-0.39, 0.29) is 5.91 Å². The monoisotopic (exact) mass is 483 g/mol. The first-order chi connectivity index (χ1) is 13.1. The number of rotatable bonds is 3. The predicted molar refractivity (Wildman–Crippen MR) is 120 cm³/mol. The summed E-state index contributed by atoms with van der Waals surface area (Å²) in [6, 6.07) is 25.4. The van der Waals surface area contributed by atoms with Crippen molar-refractivity contribution in [2.24, 2.45) is 0 Å². The second-order valence-corrected chi connectivity index (χ2v) is 7.85. The number of benzene rings is 3. The van der Waals surface area contributed by atoms with Gasteiger partial charge in [-0.05, 0) is 76.2 Å². The van der Waals surface area contributed by atoms with Crippen LogP contribution in [0.25, 0.3) is 11.8 Å². The largest absolute Gasteiger partial charge is 0.276 e. The van der Waals surface area contributed by atoms with Crippen molar-refractivity contribution in [2.45, 2.75) is 0 Å². The van der Waals surface area contributed by atoms with Crippen molar-refractivity contribution in [1.82, 2.24) is 0 Å². The van der Waals surface area contributed by atoms with E-state index in [1.54, 1.807) is 4.90 Å². The van der Waals surface area contributed by atoms with Gasteiger partial charge in [-0.15, -0.1) is 0 Å². The number of amides is 1. The van der Waals surface area contributed by atoms with Crippen LogP contribution in [-0.2, 0) is 4.79 Å². The number of hydrogen-bond acceptors (Lipinski definition) is 1. The molecule has 4 heteroatoms. The second kappa shape index (κ2) is 7.71. The molecule has 0 fully saturated rings. The van der Waals surface area contributed by atoms with Crippen molar-refractivity contribution >= 4 is 57.6 Å². The number of anilines is 1. The topological polar surface area (TPSA) is 20.3 Å². The fraction of sp³-hybridized carbons (Fsp3) is 0. The van der Waals surface area contributed by atoms with Crippen LogP contribution in [0.3, 0.4) is 0 Å². The highest BCUT2D eigenvalue weighted by Gasteiger charge is 2.30. The highest BCUT2D eigenvalue weighted by Crippen LogP contribution is 2.35. The lowest BCUT2D eigenvalue weighted by atomic mass is 10.1. The molecular weight excluding hydrogens is 469 g/mol. The maximum atomic E-state index is 13.2. The van der Waals surface area contributed by atoms with Gasteiger partial charge in [-0.2, -0.15) is 0 Å². The number of hydrogen-bond donors (Lipinski definition) is 0. The molecule has 0 spiro atoms. The van der Waals surface area contributed by atoms with Crippen molar-refractivity contribution < 1.29 is 4.79 Å². The Balaban J connectivity index is 1.82. The molecule has 1 aliphatic heterocycles. The summed E-state index contributed by atoms with van der Waals surface area (Å²) in [6.07, 6.45) is 3.85. The predicted octanol–water partition coefficient (Wildman–Crippen LogP) is 6.42. The van der Waals surface area contributed by atoms with E-state index in [1.807, 2.05) is 91.0 Å². The van der Waals surface area contributed by atoms with E-state index in [2.05, 4.69) is 22.6 Å². The zero-order chi connectivity index (χ0) is 18.8. The van der Waals surface area contributed by atoms with E-state index < -0.39 is 0 Å². The van der Waals surface area contributed by atoms with Gasteiger partial charge in [0, 0.05) is 14.2 Å². The summed E-state index contributed by atoms with van der Waals surface area (Å²) >= 11 is 8.23. The Morgan fingerprint density at radius 3 is 2.33 bits per heavy atom. The summed E-state index contributed by atoms with van der Waals surface area (Å²) in [5.41, 5.74) is 4.33. The Bertz CT molecular complexity index is 1060. The first kappa shape index (κ1) is 18.0. The zero-order valence-corrected chi connectivity index (χ0v) is 17.2. The summed E-state index contributed by atoms with van der Waals surface area (Å²) in [5, 5.41) is 0.677. The molecule has 3 aromatic carbocycles. The SMILES string of the molecule is O=C1/C(=C/c2ccc(Cl)cc2)C=C(c2ccccc2)N1c1cccc(I)c1. The van der Waals surface area contributed by atoms with E-state index in [1.165, 1.54) is 0 Å². The molecule has 3 aromatic rings. The van der Waals surface area contributed by atoms with Gasteiger partial charge >= 0.3 is 0 Å². The zero-order valence-electron chi connectivity index (χ0n) is 14.3. The fourth-order valence-corrected chi connectivity index (χ4v) is 3.70. The quantitative estimate of drug-likeness (QED) is 0.311. The average Bonchev–Trinajstić information content (AvgIpc) is 3.01. The Morgan fingerprint density at radius 2 is 1.63 bits per heavy atom. The maximum absolute atomic E-state index is 13.2. The van der Waals surface area contributed by atoms with Crippen LogP contribution in [0.5, 0.6) is 0 Å². The van der Waals surface area contributed by atoms with E-state index in [0.717, 1.165) is 26.1 Å². The Labute approximate surface area is 176 Å². The standard InChI is InChI=1S/C23H15ClINO/c24-19-11-9-16(10-12-19)13-18-14-22(17-5-2-1-3-6-17)26(23(18)27)21-8-4-7-20(25)15-21/h1-15H/b18-13+. The molecule has 0 atom stereocenters. The van der Waals surface area contributed by atoms with Crippen LogP contribution >= 0.6 is 34.2 Å². The molecule has 4 rings (SSSR count). The first-order valence-electron chi connectivity index (χ1n) is 8.46. The van der Waals surface area contributed by atoms with Gasteiger partial charge in [-0.3, -0.25) is 9.69 Å². The molecule has 0 radical (unpaired) electrons. The van der Waals surface area contributed by atoms with Crippen LogP contribution in [0.2, 0.25) is 5.02 Å². The summed E-state index contributed by atoms with van der Waals surface area (Å²) in [6.45, 7) is 0. The number of nitrogens with zero attached hydrogens (tertiary/aromatic N) is 1. The third kappa shape index (κ3) is 3.84. The summed E-state index contributed by atoms with van der Waals surface area (Å²) in [4.78, 5) is 15.0. The van der Waals surface area contributed by atoms with Gasteiger partial charge in [0.05, 0.1) is 11.4 Å². The summed E-state index contributed by atoms with van der Waals surface area (Å²) in [5.74, 6) is -0.0363. The third-order valence-electron chi connectivity index (χ3n) is 4.31. The van der Waals surface area contributed by atoms with E-state index in [0.29, 0.717) is 10.6 Å². The van der Waals surface area contributed by atoms with Crippen molar-refractivity contribution in [3.05, 3.63) is 110 Å². The van der Waals surface area contributed by atoms with Crippen molar-refractivity contribution in [3.8, 4) is 0 Å². The van der Waals surface area contributed by atoms with Gasteiger partial charge in [0.2, 0.25) is 0 Å². The van der Waals surface area contributed by atoms with Gasteiger partial charge in [0.15, 0.2) is 0 Å². The van der Waals surface area contributed by atoms with Crippen molar-refractivity contribution in [3.63, 3.8) is 0 Å². The molecule has 0 unspecified atom stereocenters. The minimum atomic E-state index is -0.0363. The van der Waals surface area contributed by atoms with Gasteiger partial charge in [-0.1, -0.05) is 60.1 Å². The van der Waals surface area contributed by atoms with Crippen LogP contribution in [-0.4, -0.2) is 5.91 Å². The molecule has 0 saturated heterocycles. The van der Waals surface area contributed by atoms with Crippen LogP contribution < -0.4 is 4.90 Å². The van der Waals surface area contributed by atoms with Gasteiger partial charge < -0.3 is 0 Å². The van der Waals surface area contributed by atoms with Crippen molar-refractivity contribution in [2.75, 3.05) is 4.90 Å². The molecule has 1 amide bonds. The Morgan fingerprint density at radius 1 is 0.889 bits per heavy atom. The molecular formula is C23H15ClINO. The minimum Gasteiger partial charge on any atom is -0.276 e. The smallest absolute Gasteiger partial charge is 0.262 e. The molecule has 0 saturated carbocycles. The average molecular weight is 484 g/mol. The highest BCUT2D eigenvalue weighted by atomic mass is 127. The molecule has 27 heavy (non-hydrogen) atoms. The van der Waals surface area contributed by atoms with Gasteiger partial charge in [0.25, 0.3) is 5.91 Å². The van der Waals surface area contributed by atoms with E-state index >= 15 is 0 Å². The molecule has 132 valence electrons. The maximum Gasteiger partial charge on any atom is 0.262 e. The van der Waals surface area contributed by atoms with E-state index in [9.17, 15) is 4.79 Å². The number of carbonyl (C=O) groups excluding carboxylic acids is 1. The fourth-order valence-electron chi connectivity index (χ4n) is 3.05. The third-order valence-corrected chi connectivity index (χ3v) is 5.23. The molecule has 0 aliphatic carbocycles. The first-order valence-corrected chi connectivity index (χ1v) is 9.92. The van der Waals surface area contributed by atoms with E-state index in [4.69, 9.17) is 11.6 Å². The lowest BCUT2D eigenvalue weighted by Gasteiger charge is -2.21. The van der Waals surface area contributed by atoms with Crippen LogP contribution in [0.1, 0.15) is 11.1 Å². The van der Waals surface area contributed by atoms with Gasteiger partial charge in [0.1, 0.15) is 0 Å². The van der Waals surface area contributed by atoms with Gasteiger partial charge in [-0.25, -0.2) is 0 Å². The summed E-state index contributed by atoms with van der Waals surface area (Å²) in [7, 11) is 0. The molecule has 1 heterocycles.